The number of rotatable bonds is 6. The standard InChI is InChI=1S/C27H27F6N5O2/c1-14-19(6-5-7-22(14)27(31,32)33)15(2)34-23-21-12-20(18-8-10-38(11-9-18)17(4)39)25(40-13-26(28,29)30)37-24(21)36-16(3)35-23/h5-8,12,15H,9-11,13H2,1-4H3,(H,34,35,36,37)/t15-/m1/s1. The SMILES string of the molecule is CC(=O)N1CC=C(c2cc3c(N[C@H](C)c4cccc(C(F)(F)F)c4C)nc(C)nc3nc2OCC(F)(F)F)CC1. The number of hydrogen-bond donors (Lipinski definition) is 1. The lowest BCUT2D eigenvalue weighted by Crippen LogP contribution is -2.32. The Labute approximate surface area is 226 Å². The van der Waals surface area contributed by atoms with Gasteiger partial charge in [-0.05, 0) is 56.0 Å². The van der Waals surface area contributed by atoms with Crippen LogP contribution in [0.1, 0.15) is 54.4 Å². The van der Waals surface area contributed by atoms with Gasteiger partial charge >= 0.3 is 12.4 Å². The van der Waals surface area contributed by atoms with E-state index in [0.29, 0.717) is 35.1 Å². The van der Waals surface area contributed by atoms with Gasteiger partial charge in [-0.2, -0.15) is 31.3 Å². The van der Waals surface area contributed by atoms with Crippen LogP contribution in [-0.2, 0) is 11.0 Å². The molecule has 1 aliphatic rings. The predicted octanol–water partition coefficient (Wildman–Crippen LogP) is 6.41. The summed E-state index contributed by atoms with van der Waals surface area (Å²) in [7, 11) is 0. The Morgan fingerprint density at radius 1 is 1.12 bits per heavy atom. The van der Waals surface area contributed by atoms with Crippen molar-refractivity contribution in [2.24, 2.45) is 0 Å². The van der Waals surface area contributed by atoms with Crippen LogP contribution in [0.5, 0.6) is 5.88 Å². The third-order valence-electron chi connectivity index (χ3n) is 6.64. The number of alkyl halides is 6. The summed E-state index contributed by atoms with van der Waals surface area (Å²) >= 11 is 0. The number of halogens is 6. The Morgan fingerprint density at radius 3 is 2.45 bits per heavy atom. The Balaban J connectivity index is 1.79. The van der Waals surface area contributed by atoms with E-state index in [-0.39, 0.29) is 41.2 Å². The minimum absolute atomic E-state index is 0.0608. The molecule has 1 N–H and O–H groups in total. The zero-order valence-corrected chi connectivity index (χ0v) is 22.2. The molecular formula is C27H27F6N5O2. The number of carbonyl (C=O) groups is 1. The number of nitrogens with zero attached hydrogens (tertiary/aromatic N) is 4. The summed E-state index contributed by atoms with van der Waals surface area (Å²) in [6.45, 7) is 5.13. The molecule has 0 bridgehead atoms. The molecule has 0 aliphatic carbocycles. The van der Waals surface area contributed by atoms with Gasteiger partial charge < -0.3 is 15.0 Å². The second-order valence-corrected chi connectivity index (χ2v) is 9.56. The molecule has 7 nitrogen and oxygen atoms in total. The van der Waals surface area contributed by atoms with E-state index in [9.17, 15) is 31.1 Å². The van der Waals surface area contributed by atoms with Crippen LogP contribution in [0.15, 0.2) is 30.3 Å². The third kappa shape index (κ3) is 6.45. The van der Waals surface area contributed by atoms with Gasteiger partial charge in [-0.1, -0.05) is 18.2 Å². The first-order chi connectivity index (χ1) is 18.6. The summed E-state index contributed by atoms with van der Waals surface area (Å²) in [4.78, 5) is 26.3. The van der Waals surface area contributed by atoms with Crippen molar-refractivity contribution in [1.29, 1.82) is 0 Å². The first kappa shape index (κ1) is 29.1. The van der Waals surface area contributed by atoms with Crippen molar-refractivity contribution >= 4 is 28.3 Å². The number of ether oxygens (including phenoxy) is 1. The molecule has 0 radical (unpaired) electrons. The molecular weight excluding hydrogens is 540 g/mol. The van der Waals surface area contributed by atoms with Crippen LogP contribution in [0.2, 0.25) is 0 Å². The molecule has 3 heterocycles. The van der Waals surface area contributed by atoms with Crippen molar-refractivity contribution < 1.29 is 35.9 Å². The van der Waals surface area contributed by atoms with E-state index < -0.39 is 30.6 Å². The zero-order valence-electron chi connectivity index (χ0n) is 22.2. The number of carbonyl (C=O) groups excluding carboxylic acids is 1. The fourth-order valence-electron chi connectivity index (χ4n) is 4.66. The molecule has 0 spiro atoms. The molecule has 1 aromatic carbocycles. The average Bonchev–Trinajstić information content (AvgIpc) is 2.86. The van der Waals surface area contributed by atoms with E-state index in [2.05, 4.69) is 20.3 Å². The lowest BCUT2D eigenvalue weighted by Gasteiger charge is -2.26. The topological polar surface area (TPSA) is 80.2 Å². The van der Waals surface area contributed by atoms with Gasteiger partial charge in [0.25, 0.3) is 0 Å². The Bertz CT molecular complexity index is 1470. The number of benzene rings is 1. The maximum atomic E-state index is 13.5. The Morgan fingerprint density at radius 2 is 1.85 bits per heavy atom. The maximum absolute atomic E-state index is 13.5. The number of fused-ring (bicyclic) bond motifs is 1. The summed E-state index contributed by atoms with van der Waals surface area (Å²) < 4.78 is 84.6. The van der Waals surface area contributed by atoms with Crippen LogP contribution in [0.3, 0.4) is 0 Å². The van der Waals surface area contributed by atoms with E-state index in [1.165, 1.54) is 19.9 Å². The maximum Gasteiger partial charge on any atom is 0.422 e. The summed E-state index contributed by atoms with van der Waals surface area (Å²) in [5.41, 5.74) is 0.703. The minimum atomic E-state index is -4.60. The molecule has 214 valence electrons. The zero-order chi connectivity index (χ0) is 29.4. The molecule has 1 atom stereocenters. The fourth-order valence-corrected chi connectivity index (χ4v) is 4.66. The number of nitrogens with one attached hydrogen (secondary N) is 1. The van der Waals surface area contributed by atoms with Gasteiger partial charge in [0.15, 0.2) is 12.3 Å². The normalized spacial score (nSPS) is 15.2. The number of amides is 1. The van der Waals surface area contributed by atoms with Crippen LogP contribution >= 0.6 is 0 Å². The highest BCUT2D eigenvalue weighted by Gasteiger charge is 2.34. The lowest BCUT2D eigenvalue weighted by molar-refractivity contribution is -0.154. The first-order valence-corrected chi connectivity index (χ1v) is 12.4. The van der Waals surface area contributed by atoms with Crippen molar-refractivity contribution in [2.45, 2.75) is 52.5 Å². The molecule has 0 saturated carbocycles. The number of anilines is 1. The summed E-state index contributed by atoms with van der Waals surface area (Å²) in [6.07, 6.45) is -7.04. The van der Waals surface area contributed by atoms with Crippen molar-refractivity contribution in [1.82, 2.24) is 19.9 Å². The van der Waals surface area contributed by atoms with Crippen LogP contribution in [0.4, 0.5) is 32.2 Å². The van der Waals surface area contributed by atoms with Gasteiger partial charge in [0.1, 0.15) is 11.6 Å². The molecule has 0 fully saturated rings. The van der Waals surface area contributed by atoms with Gasteiger partial charge in [0.2, 0.25) is 11.8 Å². The van der Waals surface area contributed by atoms with Gasteiger partial charge in [-0.3, -0.25) is 4.79 Å². The quantitative estimate of drug-likeness (QED) is 0.347. The fraction of sp³-hybridized carbons (Fsp3) is 0.407. The van der Waals surface area contributed by atoms with Crippen LogP contribution in [0.25, 0.3) is 16.6 Å². The third-order valence-corrected chi connectivity index (χ3v) is 6.64. The van der Waals surface area contributed by atoms with Crippen LogP contribution in [-0.4, -0.2) is 51.6 Å². The van der Waals surface area contributed by atoms with E-state index in [1.54, 1.807) is 37.0 Å². The molecule has 13 heteroatoms. The van der Waals surface area contributed by atoms with E-state index >= 15 is 0 Å². The molecule has 2 aromatic heterocycles. The van der Waals surface area contributed by atoms with E-state index in [4.69, 9.17) is 4.74 Å². The molecule has 0 saturated heterocycles. The Kier molecular flexibility index (Phi) is 7.95. The number of hydrogen-bond acceptors (Lipinski definition) is 6. The molecule has 4 rings (SSSR count). The summed E-state index contributed by atoms with van der Waals surface area (Å²) in [5, 5.41) is 3.49. The van der Waals surface area contributed by atoms with Crippen LogP contribution < -0.4 is 10.1 Å². The molecule has 40 heavy (non-hydrogen) atoms. The van der Waals surface area contributed by atoms with Gasteiger partial charge in [0.05, 0.1) is 17.0 Å². The number of pyridine rings is 1. The summed E-state index contributed by atoms with van der Waals surface area (Å²) in [5.74, 6) is 0.108. The Hall–Kier alpha value is -3.90. The smallest absolute Gasteiger partial charge is 0.422 e. The largest absolute Gasteiger partial charge is 0.468 e. The van der Waals surface area contributed by atoms with E-state index in [0.717, 1.165) is 6.07 Å². The average molecular weight is 568 g/mol. The molecule has 3 aromatic rings. The molecule has 0 unspecified atom stereocenters. The minimum Gasteiger partial charge on any atom is -0.468 e. The van der Waals surface area contributed by atoms with Gasteiger partial charge in [-0.15, -0.1) is 0 Å². The predicted molar refractivity (Wildman–Crippen MR) is 137 cm³/mol. The highest BCUT2D eigenvalue weighted by Crippen LogP contribution is 2.37. The monoisotopic (exact) mass is 567 g/mol. The molecule has 1 amide bonds. The highest BCUT2D eigenvalue weighted by molar-refractivity contribution is 5.91. The first-order valence-electron chi connectivity index (χ1n) is 12.4. The van der Waals surface area contributed by atoms with Crippen molar-refractivity contribution in [2.75, 3.05) is 25.0 Å². The molecule has 1 aliphatic heterocycles. The lowest BCUT2D eigenvalue weighted by atomic mass is 9.97. The van der Waals surface area contributed by atoms with Gasteiger partial charge in [0, 0.05) is 25.6 Å². The van der Waals surface area contributed by atoms with Gasteiger partial charge in [-0.25, -0.2) is 9.97 Å². The van der Waals surface area contributed by atoms with E-state index in [1.807, 2.05) is 0 Å². The highest BCUT2D eigenvalue weighted by atomic mass is 19.4. The van der Waals surface area contributed by atoms with Crippen molar-refractivity contribution in [3.63, 3.8) is 0 Å². The second kappa shape index (κ2) is 10.9. The summed E-state index contributed by atoms with van der Waals surface area (Å²) in [6, 6.07) is 4.87. The number of aryl methyl sites for hydroxylation is 1. The van der Waals surface area contributed by atoms with Crippen LogP contribution in [0, 0.1) is 13.8 Å². The van der Waals surface area contributed by atoms with Crippen molar-refractivity contribution in [3.05, 3.63) is 58.4 Å². The second-order valence-electron chi connectivity index (χ2n) is 9.56. The van der Waals surface area contributed by atoms with Crippen molar-refractivity contribution in [3.8, 4) is 5.88 Å². The number of aromatic nitrogens is 3.